The molecule has 3 rings (SSSR count). The maximum atomic E-state index is 11.4. The topological polar surface area (TPSA) is 69.1 Å². The average Bonchev–Trinajstić information content (AvgIpc) is 3.27. The summed E-state index contributed by atoms with van der Waals surface area (Å²) in [5.41, 5.74) is 3.63. The van der Waals surface area contributed by atoms with Crippen LogP contribution in [0.25, 0.3) is 0 Å². The van der Waals surface area contributed by atoms with Gasteiger partial charge >= 0.3 is 0 Å². The second-order valence-corrected chi connectivity index (χ2v) is 8.88. The van der Waals surface area contributed by atoms with Crippen LogP contribution in [0.2, 0.25) is 0 Å². The van der Waals surface area contributed by atoms with Crippen LogP contribution in [0.1, 0.15) is 92.4 Å². The van der Waals surface area contributed by atoms with Crippen molar-refractivity contribution < 1.29 is 8.94 Å². The van der Waals surface area contributed by atoms with Crippen LogP contribution in [0.15, 0.2) is 38.4 Å². The quantitative estimate of drug-likeness (QED) is 0.470. The molecule has 6 heteroatoms. The molecule has 0 spiro atoms. The lowest BCUT2D eigenvalue weighted by molar-refractivity contribution is 0.368. The summed E-state index contributed by atoms with van der Waals surface area (Å²) in [7, 11) is 0. The Balaban J connectivity index is 0.000000219. The molecule has 0 N–H and O–H groups in total. The molecule has 0 aliphatic rings. The van der Waals surface area contributed by atoms with E-state index in [4.69, 9.17) is 8.94 Å². The van der Waals surface area contributed by atoms with E-state index in [1.165, 1.54) is 17.4 Å². The third-order valence-electron chi connectivity index (χ3n) is 4.11. The Kier molecular flexibility index (Phi) is 10.0. The van der Waals surface area contributed by atoms with Crippen molar-refractivity contribution in [1.29, 1.82) is 0 Å². The molecular formula is C23H34N2O3S. The summed E-state index contributed by atoms with van der Waals surface area (Å²) >= 11 is 1.61. The van der Waals surface area contributed by atoms with E-state index < -0.39 is 0 Å². The highest BCUT2D eigenvalue weighted by Gasteiger charge is 2.06. The maximum Gasteiger partial charge on any atom is 0.191 e. The predicted molar refractivity (Wildman–Crippen MR) is 120 cm³/mol. The van der Waals surface area contributed by atoms with Crippen molar-refractivity contribution in [1.82, 2.24) is 9.53 Å². The fourth-order valence-electron chi connectivity index (χ4n) is 2.25. The van der Waals surface area contributed by atoms with Crippen molar-refractivity contribution in [2.24, 2.45) is 0 Å². The van der Waals surface area contributed by atoms with Gasteiger partial charge in [0.1, 0.15) is 5.76 Å². The molecule has 5 nitrogen and oxygen atoms in total. The van der Waals surface area contributed by atoms with Crippen LogP contribution < -0.4 is 5.43 Å². The van der Waals surface area contributed by atoms with Gasteiger partial charge in [-0.15, -0.1) is 0 Å². The first-order valence-electron chi connectivity index (χ1n) is 9.96. The predicted octanol–water partition coefficient (Wildman–Crippen LogP) is 6.75. The SMILES string of the molecule is Cc1cc(C(C)C)on1.Cc1cc(C(C)C)sn1.Cc1cocc(C(C)C)c1=O. The average molecular weight is 419 g/mol. The summed E-state index contributed by atoms with van der Waals surface area (Å²) < 4.78 is 14.1. The minimum atomic E-state index is 0.103. The lowest BCUT2D eigenvalue weighted by atomic mass is 10.0. The van der Waals surface area contributed by atoms with Gasteiger partial charge in [0.2, 0.25) is 0 Å². The molecule has 0 amide bonds. The molecule has 3 aromatic rings. The first kappa shape index (κ1) is 24.8. The highest BCUT2D eigenvalue weighted by Crippen LogP contribution is 2.19. The zero-order valence-corrected chi connectivity index (χ0v) is 19.9. The third-order valence-corrected chi connectivity index (χ3v) is 5.29. The van der Waals surface area contributed by atoms with Gasteiger partial charge in [0.15, 0.2) is 5.43 Å². The molecule has 0 bridgehead atoms. The van der Waals surface area contributed by atoms with E-state index in [2.05, 4.69) is 43.3 Å². The molecule has 0 atom stereocenters. The number of hydrogen-bond acceptors (Lipinski definition) is 6. The van der Waals surface area contributed by atoms with E-state index in [1.54, 1.807) is 18.5 Å². The van der Waals surface area contributed by atoms with Crippen LogP contribution in [0, 0.1) is 20.8 Å². The lowest BCUT2D eigenvalue weighted by Gasteiger charge is -2.02. The minimum absolute atomic E-state index is 0.103. The van der Waals surface area contributed by atoms with Gasteiger partial charge in [-0.05, 0) is 50.2 Å². The van der Waals surface area contributed by atoms with Crippen molar-refractivity contribution in [3.63, 3.8) is 0 Å². The Bertz CT molecular complexity index is 876. The summed E-state index contributed by atoms with van der Waals surface area (Å²) in [4.78, 5) is 12.7. The van der Waals surface area contributed by atoms with E-state index in [0.717, 1.165) is 22.7 Å². The number of nitrogens with zero attached hydrogens (tertiary/aromatic N) is 2. The number of aromatic nitrogens is 2. The summed E-state index contributed by atoms with van der Waals surface area (Å²) in [6.45, 7) is 18.2. The van der Waals surface area contributed by atoms with Gasteiger partial charge in [0.05, 0.1) is 23.9 Å². The molecule has 3 heterocycles. The highest BCUT2D eigenvalue weighted by atomic mass is 32.1. The minimum Gasteiger partial charge on any atom is -0.472 e. The van der Waals surface area contributed by atoms with Crippen molar-refractivity contribution >= 4 is 11.5 Å². The van der Waals surface area contributed by atoms with E-state index in [9.17, 15) is 4.79 Å². The van der Waals surface area contributed by atoms with Gasteiger partial charge < -0.3 is 8.94 Å². The van der Waals surface area contributed by atoms with Gasteiger partial charge in [-0.1, -0.05) is 46.7 Å². The molecular weight excluding hydrogens is 384 g/mol. The Morgan fingerprint density at radius 3 is 1.83 bits per heavy atom. The summed E-state index contributed by atoms with van der Waals surface area (Å²) in [5, 5.41) is 3.76. The first-order valence-corrected chi connectivity index (χ1v) is 10.7. The lowest BCUT2D eigenvalue weighted by Crippen LogP contribution is -2.11. The standard InChI is InChI=1S/C9H12O2.C7H11NO.C7H11NS/c1-6(2)8-5-11-4-7(3)9(8)10;2*1-5(2)7-4-6(3)8-9-7/h4-6H,1-3H3;2*4-5H,1-3H3. The second-order valence-electron chi connectivity index (χ2n) is 8.04. The van der Waals surface area contributed by atoms with Crippen LogP contribution in [0.4, 0.5) is 0 Å². The van der Waals surface area contributed by atoms with E-state index in [0.29, 0.717) is 17.4 Å². The van der Waals surface area contributed by atoms with Gasteiger partial charge in [0.25, 0.3) is 0 Å². The van der Waals surface area contributed by atoms with Crippen molar-refractivity contribution in [2.75, 3.05) is 0 Å². The molecule has 0 aliphatic heterocycles. The first-order chi connectivity index (χ1) is 13.5. The molecule has 0 aromatic carbocycles. The molecule has 0 unspecified atom stereocenters. The summed E-state index contributed by atoms with van der Waals surface area (Å²) in [6, 6.07) is 4.11. The molecule has 0 saturated carbocycles. The summed E-state index contributed by atoms with van der Waals surface area (Å²) in [5.74, 6) is 2.29. The molecule has 0 saturated heterocycles. The zero-order chi connectivity index (χ0) is 22.1. The Hall–Kier alpha value is -2.21. The van der Waals surface area contributed by atoms with E-state index >= 15 is 0 Å². The van der Waals surface area contributed by atoms with Crippen molar-refractivity contribution in [2.45, 2.75) is 80.1 Å². The van der Waals surface area contributed by atoms with Gasteiger partial charge in [0, 0.05) is 28.0 Å². The van der Waals surface area contributed by atoms with Gasteiger partial charge in [-0.25, -0.2) is 0 Å². The van der Waals surface area contributed by atoms with Crippen LogP contribution in [0.5, 0.6) is 0 Å². The normalized spacial score (nSPS) is 10.6. The number of hydrogen-bond donors (Lipinski definition) is 0. The molecule has 0 aliphatic carbocycles. The Morgan fingerprint density at radius 1 is 0.862 bits per heavy atom. The van der Waals surface area contributed by atoms with Gasteiger partial charge in [-0.3, -0.25) is 4.79 Å². The Morgan fingerprint density at radius 2 is 1.52 bits per heavy atom. The fourth-order valence-corrected chi connectivity index (χ4v) is 2.99. The van der Waals surface area contributed by atoms with Crippen LogP contribution >= 0.6 is 11.5 Å². The smallest absolute Gasteiger partial charge is 0.191 e. The van der Waals surface area contributed by atoms with E-state index in [-0.39, 0.29) is 11.3 Å². The number of rotatable bonds is 3. The monoisotopic (exact) mass is 418 g/mol. The van der Waals surface area contributed by atoms with Crippen molar-refractivity contribution in [3.05, 3.63) is 68.0 Å². The highest BCUT2D eigenvalue weighted by molar-refractivity contribution is 7.05. The largest absolute Gasteiger partial charge is 0.472 e. The van der Waals surface area contributed by atoms with Crippen molar-refractivity contribution in [3.8, 4) is 0 Å². The molecule has 3 aromatic heterocycles. The van der Waals surface area contributed by atoms with E-state index in [1.807, 2.05) is 33.8 Å². The van der Waals surface area contributed by atoms with Crippen LogP contribution in [0.3, 0.4) is 0 Å². The van der Waals surface area contributed by atoms with Crippen LogP contribution in [-0.2, 0) is 0 Å². The van der Waals surface area contributed by atoms with Gasteiger partial charge in [-0.2, -0.15) is 4.37 Å². The third kappa shape index (κ3) is 8.36. The Labute approximate surface area is 178 Å². The maximum absolute atomic E-state index is 11.4. The zero-order valence-electron chi connectivity index (χ0n) is 19.1. The molecule has 29 heavy (non-hydrogen) atoms. The fraction of sp³-hybridized carbons (Fsp3) is 0.522. The molecule has 0 fully saturated rings. The molecule has 160 valence electrons. The molecule has 0 radical (unpaired) electrons. The number of aryl methyl sites for hydroxylation is 3. The second kappa shape index (κ2) is 11.7. The summed E-state index contributed by atoms with van der Waals surface area (Å²) in [6.07, 6.45) is 3.01. The van der Waals surface area contributed by atoms with Crippen LogP contribution in [-0.4, -0.2) is 9.53 Å².